The third-order valence-electron chi connectivity index (χ3n) is 2.28. The van der Waals surface area contributed by atoms with Gasteiger partial charge in [0.1, 0.15) is 4.21 Å². The molecule has 0 saturated carbocycles. The van der Waals surface area contributed by atoms with Crippen molar-refractivity contribution in [2.24, 2.45) is 10.9 Å². The van der Waals surface area contributed by atoms with E-state index in [-0.39, 0.29) is 10.0 Å². The monoisotopic (exact) mass is 355 g/mol. The van der Waals surface area contributed by atoms with Crippen LogP contribution in [0.2, 0.25) is 0 Å². The number of aryl methyl sites for hydroxylation is 1. The summed E-state index contributed by atoms with van der Waals surface area (Å²) in [6.45, 7) is 3.54. The van der Waals surface area contributed by atoms with Crippen LogP contribution in [0, 0.1) is 6.92 Å². The van der Waals surface area contributed by atoms with Crippen LogP contribution in [0.15, 0.2) is 19.2 Å². The lowest BCUT2D eigenvalue weighted by molar-refractivity contribution is 0.315. The van der Waals surface area contributed by atoms with Crippen molar-refractivity contribution in [3.63, 3.8) is 0 Å². The average molecular weight is 356 g/mol. The minimum atomic E-state index is -3.66. The largest absolute Gasteiger partial charge is 0.409 e. The van der Waals surface area contributed by atoms with Crippen LogP contribution in [-0.2, 0) is 10.0 Å². The predicted molar refractivity (Wildman–Crippen MR) is 74.6 cm³/mol. The molecule has 1 atom stereocenters. The third kappa shape index (κ3) is 3.44. The Kier molecular flexibility index (Phi) is 5.14. The van der Waals surface area contributed by atoms with E-state index in [0.29, 0.717) is 6.42 Å². The summed E-state index contributed by atoms with van der Waals surface area (Å²) in [7, 11) is -3.66. The van der Waals surface area contributed by atoms with Gasteiger partial charge in [-0.3, -0.25) is 0 Å². The van der Waals surface area contributed by atoms with Gasteiger partial charge < -0.3 is 10.9 Å². The zero-order valence-corrected chi connectivity index (χ0v) is 13.1. The summed E-state index contributed by atoms with van der Waals surface area (Å²) in [6, 6.07) is 0.844. The van der Waals surface area contributed by atoms with Crippen LogP contribution >= 0.6 is 27.3 Å². The van der Waals surface area contributed by atoms with Crippen LogP contribution in [0.5, 0.6) is 0 Å². The van der Waals surface area contributed by atoms with E-state index in [1.54, 1.807) is 19.9 Å². The van der Waals surface area contributed by atoms with Crippen molar-refractivity contribution in [1.29, 1.82) is 0 Å². The number of thiophene rings is 1. The van der Waals surface area contributed by atoms with Crippen molar-refractivity contribution < 1.29 is 13.6 Å². The van der Waals surface area contributed by atoms with Gasteiger partial charge >= 0.3 is 0 Å². The fraction of sp³-hybridized carbons (Fsp3) is 0.444. The molecule has 102 valence electrons. The molecule has 0 radical (unpaired) electrons. The molecule has 18 heavy (non-hydrogen) atoms. The first-order valence-electron chi connectivity index (χ1n) is 5.07. The van der Waals surface area contributed by atoms with Crippen LogP contribution in [0.3, 0.4) is 0 Å². The Hall–Kier alpha value is -0.640. The molecule has 0 aromatic carbocycles. The molecule has 1 rings (SSSR count). The Morgan fingerprint density at radius 2 is 2.33 bits per heavy atom. The second-order valence-corrected chi connectivity index (χ2v) is 7.94. The van der Waals surface area contributed by atoms with Crippen molar-refractivity contribution >= 4 is 43.1 Å². The number of sulfonamides is 1. The molecule has 0 aliphatic carbocycles. The first-order chi connectivity index (χ1) is 8.31. The lowest BCUT2D eigenvalue weighted by atomic mass is 10.2. The summed E-state index contributed by atoms with van der Waals surface area (Å²) < 4.78 is 27.5. The molecule has 1 aromatic heterocycles. The van der Waals surface area contributed by atoms with E-state index in [2.05, 4.69) is 25.8 Å². The van der Waals surface area contributed by atoms with Gasteiger partial charge in [0, 0.05) is 0 Å². The molecule has 9 heteroatoms. The molecule has 6 nitrogen and oxygen atoms in total. The van der Waals surface area contributed by atoms with Crippen molar-refractivity contribution in [2.75, 3.05) is 0 Å². The number of rotatable bonds is 5. The number of amidine groups is 1. The predicted octanol–water partition coefficient (Wildman–Crippen LogP) is 1.62. The van der Waals surface area contributed by atoms with E-state index in [1.165, 1.54) is 0 Å². The maximum absolute atomic E-state index is 12.1. The molecule has 1 aromatic rings. The van der Waals surface area contributed by atoms with Gasteiger partial charge in [0.05, 0.1) is 9.83 Å². The van der Waals surface area contributed by atoms with Crippen LogP contribution in [0.1, 0.15) is 18.9 Å². The Morgan fingerprint density at radius 1 is 1.72 bits per heavy atom. The SMILES string of the molecule is CCC(NS(=O)(=O)c1cc(C)c(Br)s1)C(N)=NO. The number of oxime groups is 1. The highest BCUT2D eigenvalue weighted by atomic mass is 79.9. The van der Waals surface area contributed by atoms with Gasteiger partial charge in [0.15, 0.2) is 5.84 Å². The maximum atomic E-state index is 12.1. The molecule has 0 saturated heterocycles. The minimum absolute atomic E-state index is 0.159. The maximum Gasteiger partial charge on any atom is 0.250 e. The Labute approximate surface area is 118 Å². The number of nitrogens with one attached hydrogen (secondary N) is 1. The molecule has 0 aliphatic heterocycles. The van der Waals surface area contributed by atoms with Crippen LogP contribution in [0.25, 0.3) is 0 Å². The van der Waals surface area contributed by atoms with Gasteiger partial charge in [-0.15, -0.1) is 11.3 Å². The van der Waals surface area contributed by atoms with E-state index in [4.69, 9.17) is 10.9 Å². The van der Waals surface area contributed by atoms with Crippen LogP contribution < -0.4 is 10.5 Å². The summed E-state index contributed by atoms with van der Waals surface area (Å²) in [6.07, 6.45) is 0.390. The zero-order chi connectivity index (χ0) is 13.9. The number of nitrogens with zero attached hydrogens (tertiary/aromatic N) is 1. The van der Waals surface area contributed by atoms with Gasteiger partial charge in [0.25, 0.3) is 10.0 Å². The minimum Gasteiger partial charge on any atom is -0.409 e. The highest BCUT2D eigenvalue weighted by Gasteiger charge is 2.24. The van der Waals surface area contributed by atoms with E-state index >= 15 is 0 Å². The molecule has 0 spiro atoms. The quantitative estimate of drug-likeness (QED) is 0.323. The fourth-order valence-corrected chi connectivity index (χ4v) is 4.77. The van der Waals surface area contributed by atoms with Gasteiger partial charge in [0.2, 0.25) is 0 Å². The Bertz CT molecular complexity index is 534. The van der Waals surface area contributed by atoms with Gasteiger partial charge in [-0.25, -0.2) is 8.42 Å². The summed E-state index contributed by atoms with van der Waals surface area (Å²) in [5, 5.41) is 11.4. The molecule has 0 amide bonds. The summed E-state index contributed by atoms with van der Waals surface area (Å²) >= 11 is 4.39. The standard InChI is InChI=1S/C9H14BrN3O3S2/c1-3-6(9(11)12-14)13-18(15,16)7-4-5(2)8(10)17-7/h4,6,13-14H,3H2,1-2H3,(H2,11,12). The van der Waals surface area contributed by atoms with E-state index in [0.717, 1.165) is 20.7 Å². The Balaban J connectivity index is 3.01. The number of nitrogens with two attached hydrogens (primary N) is 1. The molecule has 0 bridgehead atoms. The van der Waals surface area contributed by atoms with Gasteiger partial charge in [-0.05, 0) is 40.9 Å². The summed E-state index contributed by atoms with van der Waals surface area (Å²) in [5.74, 6) is -0.159. The highest BCUT2D eigenvalue weighted by Crippen LogP contribution is 2.30. The lowest BCUT2D eigenvalue weighted by Gasteiger charge is -2.14. The molecular formula is C9H14BrN3O3S2. The number of hydrogen-bond acceptors (Lipinski definition) is 5. The van der Waals surface area contributed by atoms with Crippen LogP contribution in [-0.4, -0.2) is 25.5 Å². The van der Waals surface area contributed by atoms with E-state index in [9.17, 15) is 8.42 Å². The van der Waals surface area contributed by atoms with Gasteiger partial charge in [-0.1, -0.05) is 12.1 Å². The molecule has 1 heterocycles. The van der Waals surface area contributed by atoms with Crippen LogP contribution in [0.4, 0.5) is 0 Å². The molecule has 0 aliphatic rings. The van der Waals surface area contributed by atoms with Crippen molar-refractivity contribution in [1.82, 2.24) is 4.72 Å². The first-order valence-corrected chi connectivity index (χ1v) is 8.16. The van der Waals surface area contributed by atoms with E-state index in [1.807, 2.05) is 0 Å². The number of halogens is 1. The fourth-order valence-electron chi connectivity index (χ4n) is 1.23. The number of hydrogen-bond donors (Lipinski definition) is 3. The first kappa shape index (κ1) is 15.4. The van der Waals surface area contributed by atoms with Crippen molar-refractivity contribution in [3.8, 4) is 0 Å². The second-order valence-electron chi connectivity index (χ2n) is 3.63. The zero-order valence-electron chi connectivity index (χ0n) is 9.84. The molecular weight excluding hydrogens is 342 g/mol. The smallest absolute Gasteiger partial charge is 0.250 e. The molecule has 1 unspecified atom stereocenters. The molecule has 4 N–H and O–H groups in total. The normalized spacial score (nSPS) is 14.7. The topological polar surface area (TPSA) is 105 Å². The van der Waals surface area contributed by atoms with Gasteiger partial charge in [-0.2, -0.15) is 4.72 Å². The van der Waals surface area contributed by atoms with E-state index < -0.39 is 16.1 Å². The molecule has 0 fully saturated rings. The summed E-state index contributed by atoms with van der Waals surface area (Å²) in [4.78, 5) is 0. The van der Waals surface area contributed by atoms with Crippen molar-refractivity contribution in [3.05, 3.63) is 15.4 Å². The summed E-state index contributed by atoms with van der Waals surface area (Å²) in [5.41, 5.74) is 6.26. The second kappa shape index (κ2) is 6.00. The average Bonchev–Trinajstić information content (AvgIpc) is 2.66. The van der Waals surface area contributed by atoms with Crippen molar-refractivity contribution in [2.45, 2.75) is 30.5 Å². The Morgan fingerprint density at radius 3 is 2.72 bits per heavy atom. The highest BCUT2D eigenvalue weighted by molar-refractivity contribution is 9.11. The lowest BCUT2D eigenvalue weighted by Crippen LogP contribution is -2.43. The third-order valence-corrected chi connectivity index (χ3v) is 6.36.